The first-order valence-electron chi connectivity index (χ1n) is 4.12. The number of ether oxygens (including phenoxy) is 1. The molecule has 3 nitrogen and oxygen atoms in total. The summed E-state index contributed by atoms with van der Waals surface area (Å²) < 4.78 is 5.07. The van der Waals surface area contributed by atoms with Gasteiger partial charge >= 0.3 is 0 Å². The fourth-order valence-corrected chi connectivity index (χ4v) is 0.753. The number of rotatable bonds is 4. The third-order valence-electron chi connectivity index (χ3n) is 1.55. The van der Waals surface area contributed by atoms with Crippen LogP contribution in [0.1, 0.15) is 26.7 Å². The summed E-state index contributed by atoms with van der Waals surface area (Å²) in [5.41, 5.74) is 0. The summed E-state index contributed by atoms with van der Waals surface area (Å²) in [7, 11) is 0. The fraction of sp³-hybridized carbons (Fsp3) is 0.875. The van der Waals surface area contributed by atoms with Crippen LogP contribution in [-0.2, 0) is 9.57 Å². The van der Waals surface area contributed by atoms with Gasteiger partial charge in [-0.15, -0.1) is 0 Å². The van der Waals surface area contributed by atoms with E-state index < -0.39 is 0 Å². The second-order valence-corrected chi connectivity index (χ2v) is 2.78. The lowest BCUT2D eigenvalue weighted by Gasteiger charge is -2.00. The summed E-state index contributed by atoms with van der Waals surface area (Å²) in [5, 5.41) is 3.79. The van der Waals surface area contributed by atoms with Crippen molar-refractivity contribution in [2.24, 2.45) is 11.1 Å². The Bertz CT molecular complexity index is 141. The summed E-state index contributed by atoms with van der Waals surface area (Å²) in [6.07, 6.45) is 2.59. The van der Waals surface area contributed by atoms with Gasteiger partial charge < -0.3 is 9.57 Å². The average Bonchev–Trinajstić information content (AvgIpc) is 2.72. The van der Waals surface area contributed by atoms with Crippen molar-refractivity contribution in [2.45, 2.75) is 26.7 Å². The highest BCUT2D eigenvalue weighted by Gasteiger charge is 2.21. The monoisotopic (exact) mass is 157 g/mol. The molecule has 64 valence electrons. The lowest BCUT2D eigenvalue weighted by Crippen LogP contribution is -2.00. The van der Waals surface area contributed by atoms with Gasteiger partial charge in [-0.05, 0) is 25.7 Å². The molecule has 3 heteroatoms. The van der Waals surface area contributed by atoms with Crippen molar-refractivity contribution in [3.05, 3.63) is 0 Å². The average molecular weight is 157 g/mol. The summed E-state index contributed by atoms with van der Waals surface area (Å²) >= 11 is 0. The Balaban J connectivity index is 2.01. The molecule has 0 aromatic carbocycles. The molecule has 1 rings (SSSR count). The molecule has 0 spiro atoms. The minimum Gasteiger partial charge on any atom is -0.479 e. The zero-order chi connectivity index (χ0) is 8.10. The largest absolute Gasteiger partial charge is 0.479 e. The molecule has 0 aliphatic heterocycles. The van der Waals surface area contributed by atoms with Crippen LogP contribution in [0.2, 0.25) is 0 Å². The lowest BCUT2D eigenvalue weighted by molar-refractivity contribution is 0.123. The van der Waals surface area contributed by atoms with E-state index in [1.807, 2.05) is 6.92 Å². The predicted octanol–water partition coefficient (Wildman–Crippen LogP) is 1.78. The molecule has 0 N–H and O–H groups in total. The first kappa shape index (κ1) is 8.37. The molecule has 1 fully saturated rings. The molecule has 1 aliphatic rings. The van der Waals surface area contributed by atoms with Crippen LogP contribution in [-0.4, -0.2) is 19.1 Å². The molecule has 0 unspecified atom stereocenters. The Morgan fingerprint density at radius 3 is 2.82 bits per heavy atom. The second-order valence-electron chi connectivity index (χ2n) is 2.78. The van der Waals surface area contributed by atoms with Crippen molar-refractivity contribution < 1.29 is 9.57 Å². The van der Waals surface area contributed by atoms with E-state index in [0.29, 0.717) is 12.5 Å². The summed E-state index contributed by atoms with van der Waals surface area (Å²) in [6.45, 7) is 5.14. The quantitative estimate of drug-likeness (QED) is 0.354. The Hall–Kier alpha value is -0.730. The van der Waals surface area contributed by atoms with Crippen molar-refractivity contribution in [2.75, 3.05) is 13.2 Å². The number of hydrogen-bond donors (Lipinski definition) is 0. The summed E-state index contributed by atoms with van der Waals surface area (Å²) in [6, 6.07) is 0. The van der Waals surface area contributed by atoms with Gasteiger partial charge in [0, 0.05) is 6.92 Å². The first-order chi connectivity index (χ1) is 5.33. The van der Waals surface area contributed by atoms with Crippen molar-refractivity contribution >= 4 is 5.90 Å². The summed E-state index contributed by atoms with van der Waals surface area (Å²) in [4.78, 5) is 5.03. The molecular formula is C8H15NO2. The van der Waals surface area contributed by atoms with E-state index in [1.165, 1.54) is 12.8 Å². The molecule has 11 heavy (non-hydrogen) atoms. The van der Waals surface area contributed by atoms with Crippen molar-refractivity contribution in [1.82, 2.24) is 0 Å². The first-order valence-corrected chi connectivity index (χ1v) is 4.12. The molecule has 0 bridgehead atoms. The number of nitrogens with zero attached hydrogens (tertiary/aromatic N) is 1. The van der Waals surface area contributed by atoms with E-state index >= 15 is 0 Å². The fourth-order valence-electron chi connectivity index (χ4n) is 0.753. The zero-order valence-electron chi connectivity index (χ0n) is 7.17. The van der Waals surface area contributed by atoms with Gasteiger partial charge in [0.05, 0.1) is 6.61 Å². The van der Waals surface area contributed by atoms with Crippen LogP contribution in [0.3, 0.4) is 0 Å². The van der Waals surface area contributed by atoms with Gasteiger partial charge in [0.25, 0.3) is 0 Å². The van der Waals surface area contributed by atoms with Gasteiger partial charge in [0.2, 0.25) is 5.90 Å². The topological polar surface area (TPSA) is 30.8 Å². The Labute approximate surface area is 67.4 Å². The molecule has 0 aromatic heterocycles. The van der Waals surface area contributed by atoms with Gasteiger partial charge in [0.15, 0.2) is 0 Å². The smallest absolute Gasteiger partial charge is 0.222 e. The van der Waals surface area contributed by atoms with E-state index in [-0.39, 0.29) is 0 Å². The minimum atomic E-state index is 0.619. The normalized spacial score (nSPS) is 18.2. The van der Waals surface area contributed by atoms with Crippen LogP contribution < -0.4 is 0 Å². The lowest BCUT2D eigenvalue weighted by atomic mass is 10.5. The molecule has 0 amide bonds. The SMILES string of the molecule is CCO/C(C)=N\OCC1CC1. The molecule has 0 heterocycles. The zero-order valence-corrected chi connectivity index (χ0v) is 7.17. The molecule has 1 saturated carbocycles. The molecule has 0 saturated heterocycles. The van der Waals surface area contributed by atoms with Gasteiger partial charge in [0.1, 0.15) is 6.61 Å². The van der Waals surface area contributed by atoms with Crippen molar-refractivity contribution in [3.8, 4) is 0 Å². The highest BCUT2D eigenvalue weighted by molar-refractivity contribution is 5.72. The Morgan fingerprint density at radius 1 is 1.55 bits per heavy atom. The predicted molar refractivity (Wildman–Crippen MR) is 43.4 cm³/mol. The Kier molecular flexibility index (Phi) is 3.20. The number of oxime groups is 1. The van der Waals surface area contributed by atoms with Gasteiger partial charge in [-0.25, -0.2) is 0 Å². The standard InChI is InChI=1S/C8H15NO2/c1-3-10-7(2)9-11-6-8-4-5-8/h8H,3-6H2,1-2H3/b9-7-. The van der Waals surface area contributed by atoms with Crippen molar-refractivity contribution in [3.63, 3.8) is 0 Å². The Morgan fingerprint density at radius 2 is 2.27 bits per heavy atom. The van der Waals surface area contributed by atoms with Crippen LogP contribution in [0.15, 0.2) is 5.16 Å². The highest BCUT2D eigenvalue weighted by atomic mass is 16.6. The molecule has 0 atom stereocenters. The van der Waals surface area contributed by atoms with Crippen LogP contribution in [0, 0.1) is 5.92 Å². The third kappa shape index (κ3) is 3.86. The molecule has 0 aromatic rings. The van der Waals surface area contributed by atoms with Gasteiger partial charge in [-0.3, -0.25) is 0 Å². The maximum Gasteiger partial charge on any atom is 0.222 e. The van der Waals surface area contributed by atoms with Crippen LogP contribution in [0.4, 0.5) is 0 Å². The van der Waals surface area contributed by atoms with Crippen LogP contribution >= 0.6 is 0 Å². The highest BCUT2D eigenvalue weighted by Crippen LogP contribution is 2.28. The summed E-state index contributed by atoms with van der Waals surface area (Å²) in [5.74, 6) is 1.38. The molecule has 0 radical (unpaired) electrons. The maximum absolute atomic E-state index is 5.07. The van der Waals surface area contributed by atoms with Crippen molar-refractivity contribution in [1.29, 1.82) is 0 Å². The van der Waals surface area contributed by atoms with Crippen LogP contribution in [0.25, 0.3) is 0 Å². The minimum absolute atomic E-state index is 0.619. The molecule has 1 aliphatic carbocycles. The van der Waals surface area contributed by atoms with Gasteiger partial charge in [-0.2, -0.15) is 0 Å². The third-order valence-corrected chi connectivity index (χ3v) is 1.55. The van der Waals surface area contributed by atoms with E-state index in [9.17, 15) is 0 Å². The van der Waals surface area contributed by atoms with E-state index in [4.69, 9.17) is 9.57 Å². The van der Waals surface area contributed by atoms with E-state index in [0.717, 1.165) is 12.5 Å². The molecular weight excluding hydrogens is 142 g/mol. The maximum atomic E-state index is 5.07. The number of hydrogen-bond acceptors (Lipinski definition) is 3. The van der Waals surface area contributed by atoms with E-state index in [2.05, 4.69) is 5.16 Å². The second kappa shape index (κ2) is 4.21. The van der Waals surface area contributed by atoms with Gasteiger partial charge in [-0.1, -0.05) is 5.16 Å². The van der Waals surface area contributed by atoms with E-state index in [1.54, 1.807) is 6.92 Å². The van der Waals surface area contributed by atoms with Crippen LogP contribution in [0.5, 0.6) is 0 Å².